The summed E-state index contributed by atoms with van der Waals surface area (Å²) in [6.45, 7) is 7.65. The third kappa shape index (κ3) is 3.91. The lowest BCUT2D eigenvalue weighted by atomic mass is 10.1. The summed E-state index contributed by atoms with van der Waals surface area (Å²) in [5, 5.41) is -0.506. The number of sulfonamides is 1. The summed E-state index contributed by atoms with van der Waals surface area (Å²) in [6.07, 6.45) is 0.735. The van der Waals surface area contributed by atoms with Crippen molar-refractivity contribution in [3.05, 3.63) is 0 Å². The van der Waals surface area contributed by atoms with Gasteiger partial charge in [-0.3, -0.25) is 0 Å². The first-order chi connectivity index (χ1) is 8.39. The Morgan fingerprint density at radius 2 is 2.06 bits per heavy atom. The SMILES string of the molecule is COCC(C)S(=O)(=O)N1CCCOC(C(C)C)C1. The van der Waals surface area contributed by atoms with Crippen molar-refractivity contribution in [3.8, 4) is 0 Å². The van der Waals surface area contributed by atoms with Crippen molar-refractivity contribution in [2.75, 3.05) is 33.4 Å². The van der Waals surface area contributed by atoms with Gasteiger partial charge in [0.2, 0.25) is 10.0 Å². The second-order valence-electron chi connectivity index (χ2n) is 5.18. The maximum atomic E-state index is 12.4. The Hall–Kier alpha value is -0.170. The highest BCUT2D eigenvalue weighted by atomic mass is 32.2. The fourth-order valence-electron chi connectivity index (χ4n) is 2.03. The zero-order valence-corrected chi connectivity index (χ0v) is 12.6. The monoisotopic (exact) mass is 279 g/mol. The van der Waals surface area contributed by atoms with E-state index >= 15 is 0 Å². The van der Waals surface area contributed by atoms with Gasteiger partial charge in [0.25, 0.3) is 0 Å². The molecule has 1 aliphatic rings. The van der Waals surface area contributed by atoms with Crippen LogP contribution in [0.4, 0.5) is 0 Å². The van der Waals surface area contributed by atoms with E-state index in [2.05, 4.69) is 13.8 Å². The van der Waals surface area contributed by atoms with Crippen molar-refractivity contribution in [3.63, 3.8) is 0 Å². The van der Waals surface area contributed by atoms with Crippen LogP contribution >= 0.6 is 0 Å². The fourth-order valence-corrected chi connectivity index (χ4v) is 3.59. The van der Waals surface area contributed by atoms with E-state index in [4.69, 9.17) is 9.47 Å². The number of ether oxygens (including phenoxy) is 2. The van der Waals surface area contributed by atoms with Gasteiger partial charge < -0.3 is 9.47 Å². The molecule has 1 saturated heterocycles. The van der Waals surface area contributed by atoms with E-state index in [1.807, 2.05) is 0 Å². The van der Waals surface area contributed by atoms with Crippen molar-refractivity contribution in [1.82, 2.24) is 4.31 Å². The summed E-state index contributed by atoms with van der Waals surface area (Å²) in [5.74, 6) is 0.318. The maximum absolute atomic E-state index is 12.4. The van der Waals surface area contributed by atoms with E-state index < -0.39 is 15.3 Å². The van der Waals surface area contributed by atoms with Crippen LogP contribution in [0.3, 0.4) is 0 Å². The molecule has 108 valence electrons. The molecular formula is C12H25NO4S. The number of hydrogen-bond donors (Lipinski definition) is 0. The molecule has 0 aromatic carbocycles. The summed E-state index contributed by atoms with van der Waals surface area (Å²) >= 11 is 0. The van der Waals surface area contributed by atoms with Gasteiger partial charge in [-0.15, -0.1) is 0 Å². The van der Waals surface area contributed by atoms with Gasteiger partial charge in [-0.2, -0.15) is 4.31 Å². The topological polar surface area (TPSA) is 55.8 Å². The van der Waals surface area contributed by atoms with Crippen molar-refractivity contribution in [1.29, 1.82) is 0 Å². The van der Waals surface area contributed by atoms with Gasteiger partial charge in [0.1, 0.15) is 0 Å². The minimum absolute atomic E-state index is 0.0166. The molecule has 2 unspecified atom stereocenters. The Morgan fingerprint density at radius 1 is 1.39 bits per heavy atom. The zero-order valence-electron chi connectivity index (χ0n) is 11.8. The van der Waals surface area contributed by atoms with E-state index in [0.717, 1.165) is 6.42 Å². The van der Waals surface area contributed by atoms with Gasteiger partial charge >= 0.3 is 0 Å². The predicted octanol–water partition coefficient (Wildman–Crippen LogP) is 1.10. The first kappa shape index (κ1) is 15.9. The van der Waals surface area contributed by atoms with Gasteiger partial charge in [-0.1, -0.05) is 13.8 Å². The van der Waals surface area contributed by atoms with Crippen LogP contribution in [-0.2, 0) is 19.5 Å². The van der Waals surface area contributed by atoms with Gasteiger partial charge in [0.05, 0.1) is 18.0 Å². The first-order valence-corrected chi connectivity index (χ1v) is 7.99. The average molecular weight is 279 g/mol. The van der Waals surface area contributed by atoms with Crippen LogP contribution in [0, 0.1) is 5.92 Å². The smallest absolute Gasteiger partial charge is 0.219 e. The maximum Gasteiger partial charge on any atom is 0.219 e. The standard InChI is InChI=1S/C12H25NO4S/c1-10(2)12-8-13(6-5-7-17-12)18(14,15)11(3)9-16-4/h10-12H,5-9H2,1-4H3. The number of methoxy groups -OCH3 is 1. The lowest BCUT2D eigenvalue weighted by Crippen LogP contribution is -2.43. The Labute approximate surface area is 110 Å². The molecule has 2 atom stereocenters. The number of hydrogen-bond acceptors (Lipinski definition) is 4. The molecule has 0 saturated carbocycles. The van der Waals surface area contributed by atoms with Gasteiger partial charge in [0.15, 0.2) is 0 Å². The zero-order chi connectivity index (χ0) is 13.8. The highest BCUT2D eigenvalue weighted by Crippen LogP contribution is 2.18. The molecule has 5 nitrogen and oxygen atoms in total. The lowest BCUT2D eigenvalue weighted by molar-refractivity contribution is 0.0299. The molecule has 0 N–H and O–H groups in total. The molecular weight excluding hydrogens is 254 g/mol. The molecule has 0 aliphatic carbocycles. The van der Waals surface area contributed by atoms with E-state index in [1.54, 1.807) is 11.2 Å². The van der Waals surface area contributed by atoms with E-state index in [0.29, 0.717) is 25.6 Å². The van der Waals surface area contributed by atoms with Crippen LogP contribution in [0.2, 0.25) is 0 Å². The highest BCUT2D eigenvalue weighted by Gasteiger charge is 2.32. The molecule has 0 bridgehead atoms. The third-order valence-corrected chi connectivity index (χ3v) is 5.49. The fraction of sp³-hybridized carbons (Fsp3) is 1.00. The van der Waals surface area contributed by atoms with Gasteiger partial charge in [0, 0.05) is 26.8 Å². The number of rotatable bonds is 5. The largest absolute Gasteiger partial charge is 0.383 e. The van der Waals surface area contributed by atoms with Crippen LogP contribution in [-0.4, -0.2) is 57.5 Å². The van der Waals surface area contributed by atoms with Gasteiger partial charge in [-0.05, 0) is 19.3 Å². The molecule has 0 amide bonds. The quantitative estimate of drug-likeness (QED) is 0.756. The van der Waals surface area contributed by atoms with Crippen molar-refractivity contribution < 1.29 is 17.9 Å². The van der Waals surface area contributed by atoms with Crippen molar-refractivity contribution in [2.45, 2.75) is 38.5 Å². The minimum Gasteiger partial charge on any atom is -0.383 e. The third-order valence-electron chi connectivity index (χ3n) is 3.28. The molecule has 1 heterocycles. The van der Waals surface area contributed by atoms with Crippen LogP contribution in [0.5, 0.6) is 0 Å². The van der Waals surface area contributed by atoms with E-state index in [1.165, 1.54) is 7.11 Å². The Morgan fingerprint density at radius 3 is 2.61 bits per heavy atom. The summed E-state index contributed by atoms with van der Waals surface area (Å²) < 4.78 is 37.0. The Kier molecular flexibility index (Phi) is 6.04. The molecule has 1 rings (SSSR count). The van der Waals surface area contributed by atoms with Crippen molar-refractivity contribution >= 4 is 10.0 Å². The second kappa shape index (κ2) is 6.84. The summed E-state index contributed by atoms with van der Waals surface area (Å²) in [5.41, 5.74) is 0. The summed E-state index contributed by atoms with van der Waals surface area (Å²) in [4.78, 5) is 0. The normalized spacial score (nSPS) is 25.1. The van der Waals surface area contributed by atoms with Crippen LogP contribution in [0.1, 0.15) is 27.2 Å². The lowest BCUT2D eigenvalue weighted by Gasteiger charge is -2.27. The molecule has 0 radical (unpaired) electrons. The van der Waals surface area contributed by atoms with E-state index in [9.17, 15) is 8.42 Å². The first-order valence-electron chi connectivity index (χ1n) is 6.49. The molecule has 6 heteroatoms. The second-order valence-corrected chi connectivity index (χ2v) is 7.53. The number of nitrogens with zero attached hydrogens (tertiary/aromatic N) is 1. The molecule has 1 fully saturated rings. The molecule has 0 aromatic heterocycles. The highest BCUT2D eigenvalue weighted by molar-refractivity contribution is 7.89. The summed E-state index contributed by atoms with van der Waals surface area (Å²) in [6, 6.07) is 0. The van der Waals surface area contributed by atoms with Crippen LogP contribution in [0.15, 0.2) is 0 Å². The van der Waals surface area contributed by atoms with Crippen LogP contribution < -0.4 is 0 Å². The molecule has 18 heavy (non-hydrogen) atoms. The molecule has 1 aliphatic heterocycles. The van der Waals surface area contributed by atoms with Crippen molar-refractivity contribution in [2.24, 2.45) is 5.92 Å². The van der Waals surface area contributed by atoms with Gasteiger partial charge in [-0.25, -0.2) is 8.42 Å². The van der Waals surface area contributed by atoms with Crippen LogP contribution in [0.25, 0.3) is 0 Å². The molecule has 0 aromatic rings. The Bertz CT molecular complexity index is 342. The average Bonchev–Trinajstić information content (AvgIpc) is 2.55. The summed E-state index contributed by atoms with van der Waals surface area (Å²) in [7, 11) is -1.76. The van der Waals surface area contributed by atoms with E-state index in [-0.39, 0.29) is 12.7 Å². The molecule has 0 spiro atoms. The predicted molar refractivity (Wildman–Crippen MR) is 71.0 cm³/mol. The Balaban J connectivity index is 2.79. The minimum atomic E-state index is -3.29.